The average molecular weight is 293 g/mol. The molecule has 3 rings (SSSR count). The Bertz CT molecular complexity index is 479. The Morgan fingerprint density at radius 1 is 1.24 bits per heavy atom. The third-order valence-corrected chi connectivity index (χ3v) is 4.16. The van der Waals surface area contributed by atoms with Crippen molar-refractivity contribution < 1.29 is 18.7 Å². The Balaban J connectivity index is 1.75. The maximum Gasteiger partial charge on any atom is 0.226 e. The van der Waals surface area contributed by atoms with E-state index < -0.39 is 0 Å². The summed E-state index contributed by atoms with van der Waals surface area (Å²) >= 11 is 0. The van der Waals surface area contributed by atoms with Crippen molar-refractivity contribution in [1.82, 2.24) is 5.32 Å². The van der Waals surface area contributed by atoms with Crippen molar-refractivity contribution in [3.05, 3.63) is 35.6 Å². The summed E-state index contributed by atoms with van der Waals surface area (Å²) in [5.74, 6) is -0.368. The lowest BCUT2D eigenvalue weighted by Crippen LogP contribution is -2.39. The number of hydrogen-bond donors (Lipinski definition) is 1. The molecule has 1 aromatic rings. The van der Waals surface area contributed by atoms with Gasteiger partial charge in [-0.3, -0.25) is 4.79 Å². The molecule has 0 bridgehead atoms. The van der Waals surface area contributed by atoms with E-state index in [9.17, 15) is 9.18 Å². The molecular formula is C16H20FNO3. The van der Waals surface area contributed by atoms with Gasteiger partial charge in [0.2, 0.25) is 5.91 Å². The number of nitrogens with one attached hydrogen (secondary N) is 1. The first-order valence-corrected chi connectivity index (χ1v) is 7.49. The van der Waals surface area contributed by atoms with E-state index in [1.165, 1.54) is 12.1 Å². The molecule has 0 aliphatic carbocycles. The van der Waals surface area contributed by atoms with E-state index in [-0.39, 0.29) is 29.8 Å². The fourth-order valence-corrected chi connectivity index (χ4v) is 2.94. The zero-order chi connectivity index (χ0) is 14.7. The third kappa shape index (κ3) is 3.41. The summed E-state index contributed by atoms with van der Waals surface area (Å²) in [6.45, 7) is 1.83. The molecule has 0 saturated carbocycles. The molecule has 0 radical (unpaired) electrons. The van der Waals surface area contributed by atoms with Crippen LogP contribution in [-0.2, 0) is 14.3 Å². The fourth-order valence-electron chi connectivity index (χ4n) is 2.94. The average Bonchev–Trinajstić information content (AvgIpc) is 3.19. The van der Waals surface area contributed by atoms with Gasteiger partial charge in [-0.1, -0.05) is 12.1 Å². The highest BCUT2D eigenvalue weighted by molar-refractivity contribution is 5.79. The fraction of sp³-hybridized carbons (Fsp3) is 0.562. The van der Waals surface area contributed by atoms with Crippen molar-refractivity contribution >= 4 is 5.91 Å². The topological polar surface area (TPSA) is 47.6 Å². The van der Waals surface area contributed by atoms with Gasteiger partial charge in [-0.25, -0.2) is 4.39 Å². The molecule has 2 aliphatic rings. The molecule has 1 amide bonds. The molecule has 0 unspecified atom stereocenters. The van der Waals surface area contributed by atoms with E-state index in [0.29, 0.717) is 19.8 Å². The van der Waals surface area contributed by atoms with Gasteiger partial charge in [0.05, 0.1) is 24.7 Å². The van der Waals surface area contributed by atoms with Crippen molar-refractivity contribution in [2.75, 3.05) is 19.8 Å². The van der Waals surface area contributed by atoms with E-state index in [2.05, 4.69) is 5.32 Å². The summed E-state index contributed by atoms with van der Waals surface area (Å²) in [6.07, 6.45) is 2.61. The van der Waals surface area contributed by atoms with Crippen molar-refractivity contribution in [3.63, 3.8) is 0 Å². The molecule has 21 heavy (non-hydrogen) atoms. The minimum Gasteiger partial charge on any atom is -0.381 e. The quantitative estimate of drug-likeness (QED) is 0.926. The zero-order valence-electron chi connectivity index (χ0n) is 11.9. The summed E-state index contributed by atoms with van der Waals surface area (Å²) in [7, 11) is 0. The van der Waals surface area contributed by atoms with Crippen LogP contribution >= 0.6 is 0 Å². The van der Waals surface area contributed by atoms with Crippen molar-refractivity contribution in [2.45, 2.75) is 31.4 Å². The van der Waals surface area contributed by atoms with Crippen LogP contribution < -0.4 is 5.32 Å². The second-order valence-electron chi connectivity index (χ2n) is 5.65. The highest BCUT2D eigenvalue weighted by atomic mass is 19.1. The van der Waals surface area contributed by atoms with Gasteiger partial charge in [0, 0.05) is 13.2 Å². The lowest BCUT2D eigenvalue weighted by molar-refractivity contribution is -0.126. The predicted molar refractivity (Wildman–Crippen MR) is 75.2 cm³/mol. The highest BCUT2D eigenvalue weighted by Crippen LogP contribution is 2.28. The lowest BCUT2D eigenvalue weighted by Gasteiger charge is -2.26. The Kier molecular flexibility index (Phi) is 4.51. The monoisotopic (exact) mass is 293 g/mol. The normalized spacial score (nSPS) is 26.7. The summed E-state index contributed by atoms with van der Waals surface area (Å²) in [6, 6.07) is 6.05. The highest BCUT2D eigenvalue weighted by Gasteiger charge is 2.32. The third-order valence-electron chi connectivity index (χ3n) is 4.16. The van der Waals surface area contributed by atoms with Gasteiger partial charge in [0.15, 0.2) is 0 Å². The number of hydrogen-bond acceptors (Lipinski definition) is 3. The number of carbonyl (C=O) groups excluding carboxylic acids is 1. The minimum atomic E-state index is -0.277. The van der Waals surface area contributed by atoms with Crippen LogP contribution in [0.3, 0.4) is 0 Å². The number of ether oxygens (including phenoxy) is 2. The van der Waals surface area contributed by atoms with Crippen molar-refractivity contribution in [2.24, 2.45) is 5.92 Å². The van der Waals surface area contributed by atoms with E-state index in [1.807, 2.05) is 0 Å². The maximum atomic E-state index is 13.1. The van der Waals surface area contributed by atoms with E-state index in [1.54, 1.807) is 12.1 Å². The minimum absolute atomic E-state index is 0.00248. The molecule has 5 heteroatoms. The van der Waals surface area contributed by atoms with Crippen LogP contribution in [-0.4, -0.2) is 31.8 Å². The van der Waals surface area contributed by atoms with Crippen LogP contribution in [0.15, 0.2) is 24.3 Å². The Morgan fingerprint density at radius 3 is 2.67 bits per heavy atom. The van der Waals surface area contributed by atoms with Crippen LogP contribution in [0.5, 0.6) is 0 Å². The number of amides is 1. The largest absolute Gasteiger partial charge is 0.381 e. The predicted octanol–water partition coefficient (Wildman–Crippen LogP) is 2.20. The molecule has 3 atom stereocenters. The smallest absolute Gasteiger partial charge is 0.226 e. The van der Waals surface area contributed by atoms with Crippen LogP contribution in [0.2, 0.25) is 0 Å². The molecule has 2 saturated heterocycles. The van der Waals surface area contributed by atoms with Gasteiger partial charge < -0.3 is 14.8 Å². The Morgan fingerprint density at radius 2 is 2.05 bits per heavy atom. The van der Waals surface area contributed by atoms with Crippen LogP contribution in [0.4, 0.5) is 4.39 Å². The van der Waals surface area contributed by atoms with Gasteiger partial charge >= 0.3 is 0 Å². The molecule has 2 fully saturated rings. The molecule has 1 N–H and O–H groups in total. The van der Waals surface area contributed by atoms with E-state index in [4.69, 9.17) is 9.47 Å². The van der Waals surface area contributed by atoms with Crippen molar-refractivity contribution in [3.8, 4) is 0 Å². The SMILES string of the molecule is O=C(N[C@H](c1ccc(F)cc1)[C@@H]1CCCO1)[C@H]1CCOC1. The number of halogens is 1. The maximum absolute atomic E-state index is 13.1. The molecule has 0 spiro atoms. The van der Waals surface area contributed by atoms with Crippen LogP contribution in [0.25, 0.3) is 0 Å². The van der Waals surface area contributed by atoms with Crippen LogP contribution in [0, 0.1) is 11.7 Å². The van der Waals surface area contributed by atoms with E-state index >= 15 is 0 Å². The molecule has 0 aromatic heterocycles. The summed E-state index contributed by atoms with van der Waals surface area (Å²) in [5, 5.41) is 3.07. The second-order valence-corrected chi connectivity index (χ2v) is 5.65. The Labute approximate surface area is 123 Å². The lowest BCUT2D eigenvalue weighted by atomic mass is 9.98. The molecule has 114 valence electrons. The number of rotatable bonds is 4. The molecule has 2 aliphatic heterocycles. The summed E-state index contributed by atoms with van der Waals surface area (Å²) in [4.78, 5) is 12.3. The van der Waals surface area contributed by atoms with Gasteiger partial charge in [0.1, 0.15) is 5.82 Å². The zero-order valence-corrected chi connectivity index (χ0v) is 11.9. The summed E-state index contributed by atoms with van der Waals surface area (Å²) in [5.41, 5.74) is 0.885. The van der Waals surface area contributed by atoms with E-state index in [0.717, 1.165) is 24.8 Å². The standard InChI is InChI=1S/C16H20FNO3/c17-13-5-3-11(4-6-13)15(14-2-1-8-21-14)18-16(19)12-7-9-20-10-12/h3-6,12,14-15H,1-2,7-10H2,(H,18,19)/t12-,14-,15+/m0/s1. The van der Waals surface area contributed by atoms with Gasteiger partial charge in [0.25, 0.3) is 0 Å². The first-order valence-electron chi connectivity index (χ1n) is 7.49. The first kappa shape index (κ1) is 14.5. The molecule has 2 heterocycles. The molecule has 1 aromatic carbocycles. The van der Waals surface area contributed by atoms with Gasteiger partial charge in [-0.2, -0.15) is 0 Å². The number of benzene rings is 1. The van der Waals surface area contributed by atoms with Gasteiger partial charge in [-0.05, 0) is 37.0 Å². The second kappa shape index (κ2) is 6.54. The number of carbonyl (C=O) groups is 1. The van der Waals surface area contributed by atoms with Gasteiger partial charge in [-0.15, -0.1) is 0 Å². The van der Waals surface area contributed by atoms with Crippen molar-refractivity contribution in [1.29, 1.82) is 0 Å². The molecule has 4 nitrogen and oxygen atoms in total. The Hall–Kier alpha value is -1.46. The first-order chi connectivity index (χ1) is 10.2. The summed E-state index contributed by atoms with van der Waals surface area (Å²) < 4.78 is 24.1. The van der Waals surface area contributed by atoms with Crippen LogP contribution in [0.1, 0.15) is 30.9 Å². The molecular weight excluding hydrogens is 273 g/mol.